The molecule has 4 heteroatoms. The third-order valence-electron chi connectivity index (χ3n) is 3.54. The Bertz CT molecular complexity index is 345. The Morgan fingerprint density at radius 1 is 1.50 bits per heavy atom. The first-order chi connectivity index (χ1) is 8.83. The fourth-order valence-corrected chi connectivity index (χ4v) is 3.48. The monoisotopic (exact) mass is 267 g/mol. The van der Waals surface area contributed by atoms with Crippen LogP contribution in [0.15, 0.2) is 5.38 Å². The van der Waals surface area contributed by atoms with Crippen LogP contribution < -0.4 is 10.2 Å². The highest BCUT2D eigenvalue weighted by Crippen LogP contribution is 2.23. The van der Waals surface area contributed by atoms with Crippen LogP contribution in [0.3, 0.4) is 0 Å². The number of aryl methyl sites for hydroxylation is 1. The van der Waals surface area contributed by atoms with E-state index in [1.807, 2.05) is 0 Å². The molecular weight excluding hydrogens is 242 g/mol. The molecule has 1 aromatic rings. The summed E-state index contributed by atoms with van der Waals surface area (Å²) >= 11 is 1.81. The largest absolute Gasteiger partial charge is 0.348 e. The van der Waals surface area contributed by atoms with Gasteiger partial charge in [0, 0.05) is 18.5 Å². The normalized spacial score (nSPS) is 20.0. The molecule has 0 spiro atoms. The lowest BCUT2D eigenvalue weighted by Crippen LogP contribution is -2.38. The van der Waals surface area contributed by atoms with Crippen LogP contribution >= 0.6 is 11.3 Å². The van der Waals surface area contributed by atoms with E-state index >= 15 is 0 Å². The number of piperidine rings is 1. The van der Waals surface area contributed by atoms with Crippen molar-refractivity contribution in [3.8, 4) is 0 Å². The van der Waals surface area contributed by atoms with Crippen molar-refractivity contribution in [1.82, 2.24) is 10.3 Å². The molecular formula is C14H25N3S. The van der Waals surface area contributed by atoms with E-state index in [4.69, 9.17) is 4.98 Å². The van der Waals surface area contributed by atoms with Crippen LogP contribution in [0.25, 0.3) is 0 Å². The third kappa shape index (κ3) is 3.69. The van der Waals surface area contributed by atoms with Crippen LogP contribution in [0, 0.1) is 5.92 Å². The summed E-state index contributed by atoms with van der Waals surface area (Å²) in [6.45, 7) is 9.09. The number of hydrogen-bond donors (Lipinski definition) is 1. The topological polar surface area (TPSA) is 28.2 Å². The summed E-state index contributed by atoms with van der Waals surface area (Å²) in [6, 6.07) is 0. The smallest absolute Gasteiger partial charge is 0.185 e. The summed E-state index contributed by atoms with van der Waals surface area (Å²) in [6.07, 6.45) is 4.92. The van der Waals surface area contributed by atoms with Gasteiger partial charge < -0.3 is 10.2 Å². The Hall–Kier alpha value is -0.610. The Morgan fingerprint density at radius 3 is 3.00 bits per heavy atom. The van der Waals surface area contributed by atoms with Crippen molar-refractivity contribution in [1.29, 1.82) is 0 Å². The van der Waals surface area contributed by atoms with Gasteiger partial charge in [-0.2, -0.15) is 0 Å². The van der Waals surface area contributed by atoms with E-state index in [1.54, 1.807) is 11.3 Å². The zero-order chi connectivity index (χ0) is 12.8. The molecule has 1 aromatic heterocycles. The van der Waals surface area contributed by atoms with Gasteiger partial charge in [0.2, 0.25) is 0 Å². The van der Waals surface area contributed by atoms with Crippen molar-refractivity contribution in [2.75, 3.05) is 31.1 Å². The molecule has 1 aliphatic rings. The van der Waals surface area contributed by atoms with Crippen molar-refractivity contribution in [2.24, 2.45) is 5.92 Å². The van der Waals surface area contributed by atoms with Gasteiger partial charge in [0.15, 0.2) is 5.13 Å². The molecule has 3 nitrogen and oxygen atoms in total. The standard InChI is InChI=1S/C14H25N3S/c1-3-8-17(10-12-6-5-7-15-9-12)14-16-13(4-2)11-18-14/h11-12,15H,3-10H2,1-2H3. The van der Waals surface area contributed by atoms with Gasteiger partial charge in [-0.15, -0.1) is 11.3 Å². The number of rotatable bonds is 6. The first-order valence-corrected chi connectivity index (χ1v) is 8.11. The van der Waals surface area contributed by atoms with Gasteiger partial charge in [-0.25, -0.2) is 4.98 Å². The second-order valence-corrected chi connectivity index (χ2v) is 5.97. The van der Waals surface area contributed by atoms with E-state index in [-0.39, 0.29) is 0 Å². The minimum absolute atomic E-state index is 0.791. The Labute approximate surface area is 115 Å². The van der Waals surface area contributed by atoms with Crippen molar-refractivity contribution in [2.45, 2.75) is 39.5 Å². The van der Waals surface area contributed by atoms with Crippen molar-refractivity contribution in [3.63, 3.8) is 0 Å². The van der Waals surface area contributed by atoms with Gasteiger partial charge in [-0.1, -0.05) is 13.8 Å². The lowest BCUT2D eigenvalue weighted by Gasteiger charge is -2.29. The molecule has 102 valence electrons. The quantitative estimate of drug-likeness (QED) is 0.859. The lowest BCUT2D eigenvalue weighted by atomic mass is 9.99. The molecule has 0 saturated carbocycles. The molecule has 1 unspecified atom stereocenters. The summed E-state index contributed by atoms with van der Waals surface area (Å²) in [4.78, 5) is 7.22. The molecule has 2 heterocycles. The first-order valence-electron chi connectivity index (χ1n) is 7.23. The maximum Gasteiger partial charge on any atom is 0.185 e. The highest BCUT2D eigenvalue weighted by Gasteiger charge is 2.18. The minimum atomic E-state index is 0.791. The second-order valence-electron chi connectivity index (χ2n) is 5.13. The van der Waals surface area contributed by atoms with Gasteiger partial charge in [-0.3, -0.25) is 0 Å². The average Bonchev–Trinajstić information content (AvgIpc) is 2.88. The molecule has 0 aliphatic carbocycles. The van der Waals surface area contributed by atoms with E-state index in [1.165, 1.54) is 43.2 Å². The van der Waals surface area contributed by atoms with Gasteiger partial charge in [0.05, 0.1) is 5.69 Å². The zero-order valence-corrected chi connectivity index (χ0v) is 12.4. The minimum Gasteiger partial charge on any atom is -0.348 e. The highest BCUT2D eigenvalue weighted by atomic mass is 32.1. The van der Waals surface area contributed by atoms with Crippen LogP contribution in [-0.4, -0.2) is 31.2 Å². The molecule has 0 amide bonds. The summed E-state index contributed by atoms with van der Waals surface area (Å²) < 4.78 is 0. The molecule has 1 atom stereocenters. The summed E-state index contributed by atoms with van der Waals surface area (Å²) in [5.41, 5.74) is 1.23. The molecule has 0 aromatic carbocycles. The Kier molecular flexibility index (Phi) is 5.45. The van der Waals surface area contributed by atoms with Gasteiger partial charge in [0.25, 0.3) is 0 Å². The molecule has 1 saturated heterocycles. The van der Waals surface area contributed by atoms with Gasteiger partial charge in [-0.05, 0) is 44.7 Å². The summed E-state index contributed by atoms with van der Waals surface area (Å²) in [7, 11) is 0. The maximum atomic E-state index is 4.74. The van der Waals surface area contributed by atoms with Crippen molar-refractivity contribution < 1.29 is 0 Å². The maximum absolute atomic E-state index is 4.74. The van der Waals surface area contributed by atoms with Crippen LogP contribution in [0.2, 0.25) is 0 Å². The predicted octanol–water partition coefficient (Wildman–Crippen LogP) is 2.92. The van der Waals surface area contributed by atoms with E-state index < -0.39 is 0 Å². The molecule has 1 N–H and O–H groups in total. The van der Waals surface area contributed by atoms with Crippen LogP contribution in [0.1, 0.15) is 38.8 Å². The van der Waals surface area contributed by atoms with Gasteiger partial charge >= 0.3 is 0 Å². The van der Waals surface area contributed by atoms with Crippen LogP contribution in [0.5, 0.6) is 0 Å². The van der Waals surface area contributed by atoms with Crippen LogP contribution in [0.4, 0.5) is 5.13 Å². The van der Waals surface area contributed by atoms with Crippen LogP contribution in [-0.2, 0) is 6.42 Å². The Morgan fingerprint density at radius 2 is 2.39 bits per heavy atom. The summed E-state index contributed by atoms with van der Waals surface area (Å²) in [5, 5.41) is 6.93. The van der Waals surface area contributed by atoms with Crippen molar-refractivity contribution >= 4 is 16.5 Å². The zero-order valence-electron chi connectivity index (χ0n) is 11.6. The molecule has 1 aliphatic heterocycles. The third-order valence-corrected chi connectivity index (χ3v) is 4.49. The fourth-order valence-electron chi connectivity index (χ4n) is 2.53. The van der Waals surface area contributed by atoms with Gasteiger partial charge in [0.1, 0.15) is 0 Å². The van der Waals surface area contributed by atoms with Crippen molar-refractivity contribution in [3.05, 3.63) is 11.1 Å². The Balaban J connectivity index is 1.97. The van der Waals surface area contributed by atoms with E-state index in [9.17, 15) is 0 Å². The molecule has 18 heavy (non-hydrogen) atoms. The lowest BCUT2D eigenvalue weighted by molar-refractivity contribution is 0.376. The molecule has 1 fully saturated rings. The average molecular weight is 267 g/mol. The predicted molar refractivity (Wildman–Crippen MR) is 79.6 cm³/mol. The number of nitrogens with zero attached hydrogens (tertiary/aromatic N) is 2. The molecule has 0 radical (unpaired) electrons. The first kappa shape index (κ1) is 13.8. The van der Waals surface area contributed by atoms with E-state index in [0.717, 1.165) is 25.4 Å². The molecule has 2 rings (SSSR count). The molecule has 0 bridgehead atoms. The summed E-state index contributed by atoms with van der Waals surface area (Å²) in [5.74, 6) is 0.791. The number of thiazole rings is 1. The van der Waals surface area contributed by atoms with E-state index in [2.05, 4.69) is 29.4 Å². The number of aromatic nitrogens is 1. The SMILES string of the molecule is CCCN(CC1CCCNC1)c1nc(CC)cs1. The van der Waals surface area contributed by atoms with E-state index in [0.29, 0.717) is 0 Å². The fraction of sp³-hybridized carbons (Fsp3) is 0.786. The number of anilines is 1. The highest BCUT2D eigenvalue weighted by molar-refractivity contribution is 7.13. The second kappa shape index (κ2) is 7.10. The number of nitrogens with one attached hydrogen (secondary N) is 1. The number of hydrogen-bond acceptors (Lipinski definition) is 4.